The lowest BCUT2D eigenvalue weighted by molar-refractivity contribution is -0.387. The number of aliphatic carboxylic acids is 1. The number of ether oxygens (including phenoxy) is 1. The topological polar surface area (TPSA) is 89.7 Å². The van der Waals surface area contributed by atoms with Crippen LogP contribution in [-0.4, -0.2) is 22.6 Å². The predicted molar refractivity (Wildman–Crippen MR) is 64.6 cm³/mol. The molecule has 102 valence electrons. The highest BCUT2D eigenvalue weighted by Gasteiger charge is 2.14. The van der Waals surface area contributed by atoms with Crippen LogP contribution in [0.4, 0.5) is 10.1 Å². The lowest BCUT2D eigenvalue weighted by Crippen LogP contribution is -2.03. The third-order valence-electron chi connectivity index (χ3n) is 2.35. The molecule has 0 bridgehead atoms. The summed E-state index contributed by atoms with van der Waals surface area (Å²) < 4.78 is 18.4. The Hall–Kier alpha value is -2.44. The van der Waals surface area contributed by atoms with Gasteiger partial charge < -0.3 is 9.84 Å². The number of carboxylic acids is 1. The maximum Gasteiger partial charge on any atom is 0.331 e. The number of hydrogen-bond acceptors (Lipinski definition) is 4. The minimum Gasteiger partial charge on any atom is -0.489 e. The van der Waals surface area contributed by atoms with Crippen molar-refractivity contribution in [1.29, 1.82) is 0 Å². The van der Waals surface area contributed by atoms with E-state index in [1.54, 1.807) is 6.92 Å². The Balaban J connectivity index is 2.72. The highest BCUT2D eigenvalue weighted by atomic mass is 19.1. The van der Waals surface area contributed by atoms with Gasteiger partial charge in [-0.2, -0.15) is 4.39 Å². The van der Waals surface area contributed by atoms with E-state index in [0.29, 0.717) is 6.42 Å². The van der Waals surface area contributed by atoms with Crippen molar-refractivity contribution in [2.24, 2.45) is 0 Å². The van der Waals surface area contributed by atoms with Gasteiger partial charge in [0.25, 0.3) is 0 Å². The Kier molecular flexibility index (Phi) is 4.99. The van der Waals surface area contributed by atoms with Gasteiger partial charge in [-0.05, 0) is 18.6 Å². The fourth-order valence-electron chi connectivity index (χ4n) is 1.35. The van der Waals surface area contributed by atoms with Crippen molar-refractivity contribution in [2.75, 3.05) is 6.61 Å². The van der Waals surface area contributed by atoms with E-state index in [0.717, 1.165) is 12.1 Å². The van der Waals surface area contributed by atoms with Gasteiger partial charge in [0.05, 0.1) is 4.92 Å². The van der Waals surface area contributed by atoms with Gasteiger partial charge in [0, 0.05) is 17.7 Å². The molecule has 0 aromatic heterocycles. The first-order chi connectivity index (χ1) is 8.95. The largest absolute Gasteiger partial charge is 0.489 e. The summed E-state index contributed by atoms with van der Waals surface area (Å²) in [7, 11) is 0. The molecule has 0 aliphatic heterocycles. The smallest absolute Gasteiger partial charge is 0.331 e. The fourth-order valence-corrected chi connectivity index (χ4v) is 1.35. The molecule has 0 saturated heterocycles. The van der Waals surface area contributed by atoms with Crippen molar-refractivity contribution in [3.05, 3.63) is 45.8 Å². The fraction of sp³-hybridized carbons (Fsp3) is 0.250. The van der Waals surface area contributed by atoms with E-state index in [4.69, 9.17) is 9.84 Å². The number of rotatable bonds is 6. The average molecular weight is 269 g/mol. The van der Waals surface area contributed by atoms with Crippen LogP contribution in [0.1, 0.15) is 13.3 Å². The van der Waals surface area contributed by atoms with Gasteiger partial charge >= 0.3 is 11.7 Å². The van der Waals surface area contributed by atoms with Gasteiger partial charge in [-0.3, -0.25) is 10.1 Å². The molecular weight excluding hydrogens is 257 g/mol. The lowest BCUT2D eigenvalue weighted by atomic mass is 10.2. The molecule has 0 saturated carbocycles. The number of nitrogens with zero attached hydrogens (tertiary/aromatic N) is 1. The molecule has 1 aromatic carbocycles. The zero-order valence-electron chi connectivity index (χ0n) is 10.1. The van der Waals surface area contributed by atoms with Crippen LogP contribution in [0.25, 0.3) is 0 Å². The molecule has 0 unspecified atom stereocenters. The van der Waals surface area contributed by atoms with Gasteiger partial charge in [-0.25, -0.2) is 4.79 Å². The highest BCUT2D eigenvalue weighted by Crippen LogP contribution is 2.22. The summed E-state index contributed by atoms with van der Waals surface area (Å²) >= 11 is 0. The van der Waals surface area contributed by atoms with Crippen LogP contribution in [0, 0.1) is 15.9 Å². The second-order valence-electron chi connectivity index (χ2n) is 3.57. The zero-order chi connectivity index (χ0) is 14.4. The van der Waals surface area contributed by atoms with E-state index >= 15 is 0 Å². The molecule has 0 atom stereocenters. The minimum atomic E-state index is -1.04. The van der Waals surface area contributed by atoms with Crippen LogP contribution in [0.5, 0.6) is 5.75 Å². The van der Waals surface area contributed by atoms with Crippen LogP contribution in [0.2, 0.25) is 0 Å². The van der Waals surface area contributed by atoms with Gasteiger partial charge in [0.2, 0.25) is 5.82 Å². The zero-order valence-corrected chi connectivity index (χ0v) is 10.1. The van der Waals surface area contributed by atoms with Crippen molar-refractivity contribution in [3.63, 3.8) is 0 Å². The number of carboxylic acid groups (broad SMARTS) is 1. The van der Waals surface area contributed by atoms with Crippen molar-refractivity contribution < 1.29 is 24.0 Å². The van der Waals surface area contributed by atoms with E-state index in [1.165, 1.54) is 12.1 Å². The van der Waals surface area contributed by atoms with Gasteiger partial charge in [0.15, 0.2) is 0 Å². The molecule has 0 heterocycles. The van der Waals surface area contributed by atoms with Crippen LogP contribution in [-0.2, 0) is 4.79 Å². The molecule has 0 amide bonds. The minimum absolute atomic E-state index is 0.0489. The van der Waals surface area contributed by atoms with Gasteiger partial charge in [-0.15, -0.1) is 0 Å². The molecule has 0 fully saturated rings. The summed E-state index contributed by atoms with van der Waals surface area (Å²) in [5, 5.41) is 19.2. The van der Waals surface area contributed by atoms with E-state index in [9.17, 15) is 19.3 Å². The number of nitro benzene ring substituents is 1. The van der Waals surface area contributed by atoms with E-state index in [1.807, 2.05) is 0 Å². The summed E-state index contributed by atoms with van der Waals surface area (Å²) in [5.74, 6) is -1.94. The second kappa shape index (κ2) is 6.48. The number of benzene rings is 1. The van der Waals surface area contributed by atoms with Crippen molar-refractivity contribution in [2.45, 2.75) is 13.3 Å². The number of nitro groups is 1. The molecule has 1 N–H and O–H groups in total. The summed E-state index contributed by atoms with van der Waals surface area (Å²) in [6.45, 7) is 1.64. The Labute approximate surface area is 108 Å². The van der Waals surface area contributed by atoms with Crippen LogP contribution in [0.15, 0.2) is 29.8 Å². The Morgan fingerprint density at radius 2 is 2.26 bits per heavy atom. The number of hydrogen-bond donors (Lipinski definition) is 1. The molecule has 0 aliphatic rings. The van der Waals surface area contributed by atoms with Gasteiger partial charge in [0.1, 0.15) is 12.4 Å². The van der Waals surface area contributed by atoms with E-state index in [-0.39, 0.29) is 17.9 Å². The first-order valence-corrected chi connectivity index (χ1v) is 5.44. The Morgan fingerprint density at radius 3 is 2.74 bits per heavy atom. The summed E-state index contributed by atoms with van der Waals surface area (Å²) in [4.78, 5) is 20.3. The van der Waals surface area contributed by atoms with Crippen molar-refractivity contribution >= 4 is 11.7 Å². The molecule has 0 radical (unpaired) electrons. The SMILES string of the molecule is CCC(=CCOc1ccc([N+](=O)[O-])c(F)c1)C(=O)O. The molecule has 6 nitrogen and oxygen atoms in total. The molecule has 7 heteroatoms. The molecule has 1 aromatic rings. The Bertz CT molecular complexity index is 527. The molecule has 0 spiro atoms. The second-order valence-corrected chi connectivity index (χ2v) is 3.57. The van der Waals surface area contributed by atoms with Gasteiger partial charge in [-0.1, -0.05) is 6.92 Å². The molecule has 1 rings (SSSR count). The lowest BCUT2D eigenvalue weighted by Gasteiger charge is -2.04. The monoisotopic (exact) mass is 269 g/mol. The molecule has 0 aliphatic carbocycles. The first kappa shape index (κ1) is 14.6. The third kappa shape index (κ3) is 4.06. The third-order valence-corrected chi connectivity index (χ3v) is 2.35. The van der Waals surface area contributed by atoms with Crippen LogP contribution in [0.3, 0.4) is 0 Å². The summed E-state index contributed by atoms with van der Waals surface area (Å²) in [6.07, 6.45) is 1.70. The van der Waals surface area contributed by atoms with Crippen LogP contribution < -0.4 is 4.74 Å². The maximum absolute atomic E-state index is 13.2. The normalized spacial score (nSPS) is 11.2. The summed E-state index contributed by atoms with van der Waals surface area (Å²) in [5.41, 5.74) is -0.454. The first-order valence-electron chi connectivity index (χ1n) is 5.44. The molecular formula is C12H12FNO5. The van der Waals surface area contributed by atoms with E-state index in [2.05, 4.69) is 0 Å². The Morgan fingerprint density at radius 1 is 1.58 bits per heavy atom. The average Bonchev–Trinajstić information content (AvgIpc) is 2.33. The van der Waals surface area contributed by atoms with Crippen molar-refractivity contribution in [1.82, 2.24) is 0 Å². The highest BCUT2D eigenvalue weighted by molar-refractivity contribution is 5.86. The number of halogens is 1. The molecule has 19 heavy (non-hydrogen) atoms. The quantitative estimate of drug-likeness (QED) is 0.487. The van der Waals surface area contributed by atoms with Crippen molar-refractivity contribution in [3.8, 4) is 5.75 Å². The maximum atomic E-state index is 13.2. The summed E-state index contributed by atoms with van der Waals surface area (Å²) in [6, 6.07) is 3.13. The van der Waals surface area contributed by atoms with E-state index < -0.39 is 22.4 Å². The number of carbonyl (C=O) groups is 1. The predicted octanol–water partition coefficient (Wildman–Crippen LogP) is 2.53. The standard InChI is InChI=1S/C12H12FNO5/c1-2-8(12(15)16)5-6-19-9-3-4-11(14(17)18)10(13)7-9/h3-5,7H,2,6H2,1H3,(H,15,16). The van der Waals surface area contributed by atoms with Crippen LogP contribution >= 0.6 is 0 Å².